The highest BCUT2D eigenvalue weighted by atomic mass is 16.7. The van der Waals surface area contributed by atoms with Crippen molar-refractivity contribution in [1.29, 1.82) is 0 Å². The third-order valence-electron chi connectivity index (χ3n) is 4.12. The van der Waals surface area contributed by atoms with Gasteiger partial charge in [-0.2, -0.15) is 0 Å². The Morgan fingerprint density at radius 2 is 1.67 bits per heavy atom. The smallest absolute Gasteiger partial charge is 0.434 e. The molecule has 0 aliphatic carbocycles. The van der Waals surface area contributed by atoms with Crippen LogP contribution in [0.15, 0.2) is 42.5 Å². The second-order valence-electron chi connectivity index (χ2n) is 6.21. The standard InChI is InChI=1S/C21H22O3/c1-4-5-10-23-21(22)24-20-18-9-7-14(2)11-17(18)13-16-8-6-15(3)12-19(16)20/h6-9,11-13H,4-5,10H2,1-3H3. The van der Waals surface area contributed by atoms with E-state index < -0.39 is 6.16 Å². The number of benzene rings is 3. The minimum Gasteiger partial charge on any atom is -0.434 e. The summed E-state index contributed by atoms with van der Waals surface area (Å²) in [5.74, 6) is 0.577. The molecular weight excluding hydrogens is 300 g/mol. The Bertz CT molecular complexity index is 896. The minimum atomic E-state index is -0.640. The van der Waals surface area contributed by atoms with Crippen molar-refractivity contribution in [1.82, 2.24) is 0 Å². The molecule has 0 saturated heterocycles. The van der Waals surface area contributed by atoms with E-state index >= 15 is 0 Å². The molecule has 0 atom stereocenters. The molecule has 3 aromatic carbocycles. The normalized spacial score (nSPS) is 11.0. The summed E-state index contributed by atoms with van der Waals surface area (Å²) in [6, 6.07) is 14.4. The van der Waals surface area contributed by atoms with Crippen molar-refractivity contribution in [2.75, 3.05) is 6.61 Å². The van der Waals surface area contributed by atoms with Gasteiger partial charge in [-0.3, -0.25) is 0 Å². The number of carbonyl (C=O) groups is 1. The molecule has 0 heterocycles. The molecule has 3 rings (SSSR count). The van der Waals surface area contributed by atoms with Gasteiger partial charge in [0, 0.05) is 10.8 Å². The van der Waals surface area contributed by atoms with Crippen molar-refractivity contribution in [3.8, 4) is 5.75 Å². The lowest BCUT2D eigenvalue weighted by atomic mass is 9.99. The predicted molar refractivity (Wildman–Crippen MR) is 97.8 cm³/mol. The summed E-state index contributed by atoms with van der Waals surface area (Å²) in [6.45, 7) is 6.52. The van der Waals surface area contributed by atoms with Gasteiger partial charge in [0.1, 0.15) is 5.75 Å². The molecule has 0 spiro atoms. The number of aryl methyl sites for hydroxylation is 2. The van der Waals surface area contributed by atoms with Crippen LogP contribution in [0.1, 0.15) is 30.9 Å². The second-order valence-corrected chi connectivity index (χ2v) is 6.21. The zero-order valence-corrected chi connectivity index (χ0v) is 14.4. The van der Waals surface area contributed by atoms with Crippen LogP contribution in [0, 0.1) is 13.8 Å². The Kier molecular flexibility index (Phi) is 4.70. The zero-order chi connectivity index (χ0) is 17.1. The molecule has 0 unspecified atom stereocenters. The summed E-state index contributed by atoms with van der Waals surface area (Å²) in [5, 5.41) is 3.96. The second kappa shape index (κ2) is 6.91. The van der Waals surface area contributed by atoms with Gasteiger partial charge in [0.05, 0.1) is 6.61 Å². The predicted octanol–water partition coefficient (Wildman–Crippen LogP) is 5.93. The fraction of sp³-hybridized carbons (Fsp3) is 0.286. The van der Waals surface area contributed by atoms with Crippen molar-refractivity contribution in [3.63, 3.8) is 0 Å². The molecule has 0 N–H and O–H groups in total. The molecule has 0 aliphatic rings. The van der Waals surface area contributed by atoms with Gasteiger partial charge in [-0.15, -0.1) is 0 Å². The van der Waals surface area contributed by atoms with Crippen LogP contribution in [0.5, 0.6) is 5.75 Å². The Morgan fingerprint density at radius 3 is 2.46 bits per heavy atom. The fourth-order valence-corrected chi connectivity index (χ4v) is 2.84. The largest absolute Gasteiger partial charge is 0.513 e. The SMILES string of the molecule is CCCCOC(=O)Oc1c2ccc(C)cc2cc2ccc(C)cc12. The lowest BCUT2D eigenvalue weighted by molar-refractivity contribution is 0.0988. The van der Waals surface area contributed by atoms with Gasteiger partial charge >= 0.3 is 6.16 Å². The van der Waals surface area contributed by atoms with Crippen LogP contribution in [0.2, 0.25) is 0 Å². The first-order chi connectivity index (χ1) is 11.6. The summed E-state index contributed by atoms with van der Waals surface area (Å²) < 4.78 is 10.8. The van der Waals surface area contributed by atoms with Crippen LogP contribution in [0.4, 0.5) is 4.79 Å². The van der Waals surface area contributed by atoms with E-state index in [9.17, 15) is 4.79 Å². The van der Waals surface area contributed by atoms with E-state index in [1.165, 1.54) is 5.56 Å². The molecule has 3 heteroatoms. The maximum atomic E-state index is 12.1. The van der Waals surface area contributed by atoms with Gasteiger partial charge in [0.15, 0.2) is 0 Å². The van der Waals surface area contributed by atoms with E-state index in [1.54, 1.807) is 0 Å². The summed E-state index contributed by atoms with van der Waals surface area (Å²) >= 11 is 0. The molecule has 0 bridgehead atoms. The van der Waals surface area contributed by atoms with Gasteiger partial charge < -0.3 is 9.47 Å². The highest BCUT2D eigenvalue weighted by Gasteiger charge is 2.14. The maximum absolute atomic E-state index is 12.1. The average Bonchev–Trinajstić information content (AvgIpc) is 2.55. The topological polar surface area (TPSA) is 35.5 Å². The Hall–Kier alpha value is -2.55. The van der Waals surface area contributed by atoms with E-state index in [4.69, 9.17) is 9.47 Å². The number of unbranched alkanes of at least 4 members (excludes halogenated alkanes) is 1. The number of rotatable bonds is 4. The molecule has 0 amide bonds. The van der Waals surface area contributed by atoms with Crippen LogP contribution in [-0.2, 0) is 4.74 Å². The van der Waals surface area contributed by atoms with E-state index in [2.05, 4.69) is 38.1 Å². The monoisotopic (exact) mass is 322 g/mol. The van der Waals surface area contributed by atoms with Crippen molar-refractivity contribution >= 4 is 27.7 Å². The van der Waals surface area contributed by atoms with Crippen LogP contribution in [-0.4, -0.2) is 12.8 Å². The molecule has 3 aromatic rings. The molecule has 0 aliphatic heterocycles. The van der Waals surface area contributed by atoms with E-state index in [1.807, 2.05) is 25.1 Å². The highest BCUT2D eigenvalue weighted by Crippen LogP contribution is 2.36. The molecular formula is C21H22O3. The van der Waals surface area contributed by atoms with E-state index in [0.717, 1.165) is 39.9 Å². The zero-order valence-electron chi connectivity index (χ0n) is 14.4. The van der Waals surface area contributed by atoms with Crippen molar-refractivity contribution in [2.45, 2.75) is 33.6 Å². The van der Waals surface area contributed by atoms with Gasteiger partial charge in [0.25, 0.3) is 0 Å². The Labute approximate surface area is 142 Å². The molecule has 0 fully saturated rings. The van der Waals surface area contributed by atoms with Crippen LogP contribution >= 0.6 is 0 Å². The minimum absolute atomic E-state index is 0.385. The van der Waals surface area contributed by atoms with Gasteiger partial charge in [-0.1, -0.05) is 54.8 Å². The maximum Gasteiger partial charge on any atom is 0.513 e. The van der Waals surface area contributed by atoms with Crippen LogP contribution in [0.25, 0.3) is 21.5 Å². The van der Waals surface area contributed by atoms with Crippen molar-refractivity contribution in [3.05, 3.63) is 53.6 Å². The van der Waals surface area contributed by atoms with E-state index in [0.29, 0.717) is 12.4 Å². The molecule has 0 saturated carbocycles. The number of ether oxygens (including phenoxy) is 2. The number of fused-ring (bicyclic) bond motifs is 2. The number of carbonyl (C=O) groups excluding carboxylic acids is 1. The lowest BCUT2D eigenvalue weighted by Gasteiger charge is -2.13. The molecule has 124 valence electrons. The summed E-state index contributed by atoms with van der Waals surface area (Å²) in [4.78, 5) is 12.1. The summed E-state index contributed by atoms with van der Waals surface area (Å²) in [6.07, 6.45) is 1.17. The van der Waals surface area contributed by atoms with Crippen molar-refractivity contribution in [2.24, 2.45) is 0 Å². The average molecular weight is 322 g/mol. The third-order valence-corrected chi connectivity index (χ3v) is 4.12. The first kappa shape index (κ1) is 16.3. The summed E-state index contributed by atoms with van der Waals surface area (Å²) in [5.41, 5.74) is 2.29. The highest BCUT2D eigenvalue weighted by molar-refractivity contribution is 6.06. The molecule has 0 radical (unpaired) electrons. The first-order valence-corrected chi connectivity index (χ1v) is 8.37. The van der Waals surface area contributed by atoms with Crippen LogP contribution in [0.3, 0.4) is 0 Å². The number of hydrogen-bond acceptors (Lipinski definition) is 3. The molecule has 24 heavy (non-hydrogen) atoms. The van der Waals surface area contributed by atoms with Crippen LogP contribution < -0.4 is 4.74 Å². The summed E-state index contributed by atoms with van der Waals surface area (Å²) in [7, 11) is 0. The van der Waals surface area contributed by atoms with Gasteiger partial charge in [0.2, 0.25) is 0 Å². The number of hydrogen-bond donors (Lipinski definition) is 0. The fourth-order valence-electron chi connectivity index (χ4n) is 2.84. The first-order valence-electron chi connectivity index (χ1n) is 8.37. The molecule has 3 nitrogen and oxygen atoms in total. The Balaban J connectivity index is 2.10. The molecule has 0 aromatic heterocycles. The lowest BCUT2D eigenvalue weighted by Crippen LogP contribution is -2.12. The van der Waals surface area contributed by atoms with Gasteiger partial charge in [-0.25, -0.2) is 4.79 Å². The van der Waals surface area contributed by atoms with E-state index in [-0.39, 0.29) is 0 Å². The quantitative estimate of drug-likeness (QED) is 0.259. The van der Waals surface area contributed by atoms with Crippen molar-refractivity contribution < 1.29 is 14.3 Å². The third kappa shape index (κ3) is 3.35. The Morgan fingerprint density at radius 1 is 0.917 bits per heavy atom. The van der Waals surface area contributed by atoms with Gasteiger partial charge in [-0.05, 0) is 43.2 Å².